The largest absolute Gasteiger partial charge is 4.00 e. The van der Waals surface area contributed by atoms with Crippen LogP contribution >= 0.6 is 0 Å². The van der Waals surface area contributed by atoms with E-state index in [4.69, 9.17) is 17.7 Å². The van der Waals surface area contributed by atoms with E-state index in [-0.39, 0.29) is 83.4 Å². The Morgan fingerprint density at radius 1 is 0.453 bits per heavy atom. The normalized spacial score (nSPS) is 17.4. The molecule has 11 heteroatoms. The molecular weight excluding hydrogens is 843 g/mol. The molecule has 0 amide bonds. The van der Waals surface area contributed by atoms with Gasteiger partial charge in [0.2, 0.25) is 16.6 Å². The average molecular weight is 913 g/mol. The van der Waals surface area contributed by atoms with E-state index < -0.39 is 33.3 Å². The molecule has 0 heterocycles. The smallest absolute Gasteiger partial charge is 1.00 e. The van der Waals surface area contributed by atoms with Crippen LogP contribution in [0.15, 0.2) is 36.4 Å². The minimum Gasteiger partial charge on any atom is -1.00 e. The summed E-state index contributed by atoms with van der Waals surface area (Å²) in [5.41, 5.74) is 4.69. The third kappa shape index (κ3) is 12.4. The molecule has 0 spiro atoms. The Bertz CT molecular complexity index is 1460. The fourth-order valence-electron chi connectivity index (χ4n) is 4.56. The summed E-state index contributed by atoms with van der Waals surface area (Å²) >= 11 is 0. The zero-order chi connectivity index (χ0) is 38.5. The number of fused-ring (bicyclic) bond motifs is 2. The minimum absolute atomic E-state index is 0. The Balaban J connectivity index is 0.000000966. The van der Waals surface area contributed by atoms with Crippen molar-refractivity contribution in [3.63, 3.8) is 0 Å². The molecule has 2 atom stereocenters. The van der Waals surface area contributed by atoms with Gasteiger partial charge in [-0.2, -0.15) is 0 Å². The maximum Gasteiger partial charge on any atom is 4.00 e. The molecule has 2 aliphatic rings. The molecule has 2 aliphatic carbocycles. The molecule has 0 fully saturated rings. The first kappa shape index (κ1) is 52.8. The zero-order valence-electron chi connectivity index (χ0n) is 36.7. The van der Waals surface area contributed by atoms with Crippen LogP contribution in [0.3, 0.4) is 0 Å². The van der Waals surface area contributed by atoms with E-state index in [1.807, 2.05) is 0 Å². The van der Waals surface area contributed by atoms with Gasteiger partial charge in [0.1, 0.15) is 0 Å². The van der Waals surface area contributed by atoms with Crippen molar-refractivity contribution in [3.05, 3.63) is 70.8 Å². The predicted molar refractivity (Wildman–Crippen MR) is 226 cm³/mol. The number of benzene rings is 2. The topological polar surface area (TPSA) is 36.9 Å². The van der Waals surface area contributed by atoms with Gasteiger partial charge in [0.15, 0.2) is 16.6 Å². The van der Waals surface area contributed by atoms with E-state index in [0.29, 0.717) is 0 Å². The molecule has 0 aliphatic heterocycles. The Labute approximate surface area is 361 Å². The quantitative estimate of drug-likeness (QED) is 0.199. The van der Waals surface area contributed by atoms with Crippen LogP contribution in [0.1, 0.15) is 118 Å². The van der Waals surface area contributed by atoms with Gasteiger partial charge in [-0.1, -0.05) is 107 Å². The number of rotatable bonds is 8. The fourth-order valence-corrected chi connectivity index (χ4v) is 8.90. The molecule has 4 nitrogen and oxygen atoms in total. The van der Waals surface area contributed by atoms with Crippen LogP contribution in [-0.2, 0) is 35.1 Å². The molecule has 0 saturated heterocycles. The van der Waals surface area contributed by atoms with Crippen molar-refractivity contribution < 1.29 is 68.7 Å². The molecule has 2 aromatic carbocycles. The molecule has 0 radical (unpaired) electrons. The summed E-state index contributed by atoms with van der Waals surface area (Å²) in [6, 6.07) is 12.7. The van der Waals surface area contributed by atoms with Crippen LogP contribution in [0, 0.1) is 12.2 Å². The molecule has 296 valence electrons. The summed E-state index contributed by atoms with van der Waals surface area (Å²) in [6.45, 7) is 45.6. The summed E-state index contributed by atoms with van der Waals surface area (Å²) in [5, 5.41) is 0.733. The average Bonchev–Trinajstić information content (AvgIpc) is 3.51. The molecule has 53 heavy (non-hydrogen) atoms. The van der Waals surface area contributed by atoms with E-state index >= 15 is 0 Å². The van der Waals surface area contributed by atoms with Gasteiger partial charge in [-0.05, 0) is 96.9 Å². The first-order valence-electron chi connectivity index (χ1n) is 18.5. The number of halogens is 2. The second kappa shape index (κ2) is 18.1. The van der Waals surface area contributed by atoms with Crippen molar-refractivity contribution in [2.75, 3.05) is 0 Å². The summed E-state index contributed by atoms with van der Waals surface area (Å²) in [4.78, 5) is 0. The van der Waals surface area contributed by atoms with Gasteiger partial charge in [0.05, 0.1) is 0 Å². The summed E-state index contributed by atoms with van der Waals surface area (Å²) in [6.07, 6.45) is 10.9. The Hall–Kier alpha value is -0.229. The van der Waals surface area contributed by atoms with Crippen LogP contribution in [-0.4, -0.2) is 33.3 Å². The summed E-state index contributed by atoms with van der Waals surface area (Å²) < 4.78 is 26.3. The third-order valence-corrected chi connectivity index (χ3v) is 29.9. The van der Waals surface area contributed by atoms with Crippen LogP contribution in [0.2, 0.25) is 72.5 Å². The van der Waals surface area contributed by atoms with Crippen LogP contribution in [0.4, 0.5) is 0 Å². The van der Waals surface area contributed by atoms with Gasteiger partial charge in [-0.15, -0.1) is 22.3 Å². The van der Waals surface area contributed by atoms with Crippen molar-refractivity contribution in [2.24, 2.45) is 0 Å². The van der Waals surface area contributed by atoms with Crippen molar-refractivity contribution in [2.45, 2.75) is 168 Å². The molecule has 0 saturated carbocycles. The van der Waals surface area contributed by atoms with Gasteiger partial charge in [-0.25, -0.2) is 24.3 Å². The van der Waals surface area contributed by atoms with Crippen molar-refractivity contribution >= 4 is 45.4 Å². The third-order valence-electron chi connectivity index (χ3n) is 12.3. The van der Waals surface area contributed by atoms with Gasteiger partial charge < -0.3 is 42.5 Å². The van der Waals surface area contributed by atoms with Crippen molar-refractivity contribution in [3.8, 4) is 11.5 Å². The van der Waals surface area contributed by atoms with E-state index in [1.165, 1.54) is 11.1 Å². The maximum atomic E-state index is 6.59. The van der Waals surface area contributed by atoms with E-state index in [9.17, 15) is 0 Å². The first-order valence-corrected chi connectivity index (χ1v) is 30.1. The second-order valence-corrected chi connectivity index (χ2v) is 39.3. The van der Waals surface area contributed by atoms with E-state index in [2.05, 4.69) is 196 Å². The number of hydrogen-bond acceptors (Lipinski definition) is 4. The molecule has 0 N–H and O–H groups in total. The second-order valence-electron chi connectivity index (χ2n) is 20.4. The molecular formula is C42H70Cl2O4Si4Zr. The first-order chi connectivity index (χ1) is 22.3. The monoisotopic (exact) mass is 910 g/mol. The Kier molecular flexibility index (Phi) is 18.1. The van der Waals surface area contributed by atoms with Crippen LogP contribution in [0.5, 0.6) is 11.5 Å². The van der Waals surface area contributed by atoms with E-state index in [1.54, 1.807) is 0 Å². The summed E-state index contributed by atoms with van der Waals surface area (Å²) in [7, 11) is -7.43. The Morgan fingerprint density at radius 3 is 0.962 bits per heavy atom. The summed E-state index contributed by atoms with van der Waals surface area (Å²) in [5.74, 6) is 1.97. The van der Waals surface area contributed by atoms with Crippen LogP contribution < -0.4 is 33.7 Å². The van der Waals surface area contributed by atoms with Crippen molar-refractivity contribution in [1.29, 1.82) is 0 Å². The fraction of sp³-hybridized carbons (Fsp3) is 0.619. The molecule has 2 unspecified atom stereocenters. The predicted octanol–water partition coefficient (Wildman–Crippen LogP) is 7.93. The molecule has 0 aromatic heterocycles. The van der Waals surface area contributed by atoms with Crippen LogP contribution in [0.25, 0.3) is 12.2 Å². The van der Waals surface area contributed by atoms with Gasteiger partial charge >= 0.3 is 26.2 Å². The van der Waals surface area contributed by atoms with Crippen molar-refractivity contribution in [1.82, 2.24) is 0 Å². The zero-order valence-corrected chi connectivity index (χ0v) is 44.6. The Morgan fingerprint density at radius 2 is 0.717 bits per heavy atom. The number of hydrogen-bond donors (Lipinski definition) is 0. The van der Waals surface area contributed by atoms with E-state index in [0.717, 1.165) is 22.6 Å². The maximum absolute atomic E-state index is 6.59. The molecule has 0 bridgehead atoms. The standard InChI is InChI=1S/2C21H35O2Si2.2ClH.Zr/c2*1-20(2,3)24(7,8)22-18-13-11-12-16-17(18)14-15-19(16)23-25(9,10)21(4,5)6;;;/h2*11-14,19H,1-10H3;2*1H;/q2*-1;;;+4/p-2. The SMILES string of the molecule is CC(C)(C)[Si](C)(C)Oc1cccc2c1C=[C-]C2O[Si](C)(C)C(C)(C)C.CC(C)(C)[Si](C)(C)Oc1cccc2c1C=[C-]C2O[Si](C)(C)C(C)(C)C.[Cl-].[Cl-].[Zr+4]. The minimum atomic E-state index is -1.87. The molecule has 4 rings (SSSR count). The van der Waals surface area contributed by atoms with Gasteiger partial charge in [0, 0.05) is 11.5 Å². The van der Waals surface area contributed by atoms with Gasteiger partial charge in [-0.3, -0.25) is 0 Å². The molecule has 2 aromatic rings. The van der Waals surface area contributed by atoms with Gasteiger partial charge in [0.25, 0.3) is 0 Å².